The molecule has 2 aliphatic rings. The van der Waals surface area contributed by atoms with Crippen molar-refractivity contribution in [1.29, 1.82) is 0 Å². The first-order valence-corrected chi connectivity index (χ1v) is 27.5. The van der Waals surface area contributed by atoms with Gasteiger partial charge in [0, 0.05) is 0 Å². The summed E-state index contributed by atoms with van der Waals surface area (Å²) >= 11 is 0. The Morgan fingerprint density at radius 2 is 0.853 bits per heavy atom. The van der Waals surface area contributed by atoms with Crippen molar-refractivity contribution in [1.82, 2.24) is 5.32 Å². The van der Waals surface area contributed by atoms with E-state index in [-0.39, 0.29) is 12.8 Å². The quantitative estimate of drug-likeness (QED) is 0.0327. The Morgan fingerprint density at radius 3 is 1.26 bits per heavy atom. The number of hydrogen-bond acceptors (Lipinski definition) is 15. The van der Waals surface area contributed by atoms with Crippen LogP contribution >= 0.6 is 0 Å². The van der Waals surface area contributed by atoms with Crippen molar-refractivity contribution in [2.45, 2.75) is 305 Å². The van der Waals surface area contributed by atoms with Gasteiger partial charge in [-0.25, -0.2) is 0 Å². The van der Waals surface area contributed by atoms with E-state index in [0.717, 1.165) is 51.4 Å². The first-order valence-electron chi connectivity index (χ1n) is 27.5. The molecule has 0 radical (unpaired) electrons. The molecule has 16 nitrogen and oxygen atoms in total. The van der Waals surface area contributed by atoms with E-state index in [1.165, 1.54) is 128 Å². The number of carbonyl (C=O) groups is 1. The Kier molecular flexibility index (Phi) is 36.6. The van der Waals surface area contributed by atoms with Crippen LogP contribution in [0.1, 0.15) is 219 Å². The molecule has 2 rings (SSSR count). The summed E-state index contributed by atoms with van der Waals surface area (Å²) in [7, 11) is 0. The number of unbranched alkanes of at least 4 members (excludes halogenated alkanes) is 28. The molecule has 2 saturated heterocycles. The Bertz CT molecular complexity index is 1190. The van der Waals surface area contributed by atoms with Crippen LogP contribution in [-0.2, 0) is 23.7 Å². The van der Waals surface area contributed by atoms with Crippen LogP contribution in [0.2, 0.25) is 0 Å². The van der Waals surface area contributed by atoms with Crippen molar-refractivity contribution in [2.24, 2.45) is 0 Å². The molecule has 16 heteroatoms. The van der Waals surface area contributed by atoms with Crippen molar-refractivity contribution >= 4 is 5.91 Å². The molecule has 2 heterocycles. The van der Waals surface area contributed by atoms with Gasteiger partial charge in [0.05, 0.1) is 32.0 Å². The second kappa shape index (κ2) is 39.4. The van der Waals surface area contributed by atoms with Crippen molar-refractivity contribution in [3.05, 3.63) is 0 Å². The molecule has 11 N–H and O–H groups in total. The van der Waals surface area contributed by atoms with Crippen molar-refractivity contribution < 1.29 is 74.8 Å². The third-order valence-corrected chi connectivity index (χ3v) is 14.0. The van der Waals surface area contributed by atoms with Gasteiger partial charge in [0.2, 0.25) is 5.91 Å². The van der Waals surface area contributed by atoms with E-state index < -0.39 is 111 Å². The first kappa shape index (κ1) is 63.0. The summed E-state index contributed by atoms with van der Waals surface area (Å²) in [5, 5.41) is 109. The molecule has 14 atom stereocenters. The van der Waals surface area contributed by atoms with Crippen LogP contribution in [0.5, 0.6) is 0 Å². The topological polar surface area (TPSA) is 268 Å². The highest BCUT2D eigenvalue weighted by Gasteiger charge is 2.51. The smallest absolute Gasteiger partial charge is 0.249 e. The second-order valence-corrected chi connectivity index (χ2v) is 20.0. The molecule has 2 fully saturated rings. The minimum absolute atomic E-state index is 0.193. The van der Waals surface area contributed by atoms with E-state index in [0.29, 0.717) is 12.8 Å². The Morgan fingerprint density at radius 1 is 0.485 bits per heavy atom. The Labute approximate surface area is 409 Å². The highest BCUT2D eigenvalue weighted by Crippen LogP contribution is 2.30. The molecule has 0 aromatic carbocycles. The van der Waals surface area contributed by atoms with Gasteiger partial charge < -0.3 is 75.3 Å². The second-order valence-electron chi connectivity index (χ2n) is 20.0. The lowest BCUT2D eigenvalue weighted by molar-refractivity contribution is -0.368. The number of amides is 1. The molecule has 0 aliphatic carbocycles. The highest BCUT2D eigenvalue weighted by molar-refractivity contribution is 5.80. The van der Waals surface area contributed by atoms with Crippen LogP contribution in [0.4, 0.5) is 0 Å². The number of hydrogen-bond donors (Lipinski definition) is 11. The normalized spacial score (nSPS) is 27.2. The molecule has 68 heavy (non-hydrogen) atoms. The maximum atomic E-state index is 13.4. The number of nitrogens with one attached hydrogen (secondary N) is 1. The first-order chi connectivity index (χ1) is 32.9. The van der Waals surface area contributed by atoms with Gasteiger partial charge in [-0.2, -0.15) is 0 Å². The van der Waals surface area contributed by atoms with E-state index >= 15 is 0 Å². The van der Waals surface area contributed by atoms with Crippen LogP contribution < -0.4 is 5.32 Å². The largest absolute Gasteiger partial charge is 0.394 e. The summed E-state index contributed by atoms with van der Waals surface area (Å²) < 4.78 is 22.9. The van der Waals surface area contributed by atoms with E-state index in [9.17, 15) is 55.9 Å². The standard InChI is InChI=1S/C52H101NO15/c1-3-5-7-9-11-13-15-17-18-19-20-21-22-24-26-28-30-32-34-40(57)50(64)53-38(43(58)39(56)33-31-29-27-25-23-16-14-12-10-8-6-4-2)37-65-52-49(47(62)45(60)42(36-55)67-52)68-51-48(63)46(61)44(59)41(35-54)66-51/h38-49,51-52,54-63H,3-37H2,1-2H3,(H,53,64). The number of aliphatic hydroxyl groups excluding tert-OH is 10. The fourth-order valence-electron chi connectivity index (χ4n) is 9.38. The van der Waals surface area contributed by atoms with E-state index in [1.807, 2.05) is 0 Å². The summed E-state index contributed by atoms with van der Waals surface area (Å²) in [6, 6.07) is -1.31. The van der Waals surface area contributed by atoms with E-state index in [1.54, 1.807) is 0 Å². The molecule has 0 spiro atoms. The monoisotopic (exact) mass is 980 g/mol. The summed E-state index contributed by atoms with van der Waals surface area (Å²) in [5.74, 6) is -0.774. The average molecular weight is 980 g/mol. The van der Waals surface area contributed by atoms with Gasteiger partial charge in [-0.15, -0.1) is 0 Å². The lowest BCUT2D eigenvalue weighted by Crippen LogP contribution is -2.65. The SMILES string of the molecule is CCCCCCCCCCCCCCCCCCCCC(O)C(=O)NC(COC1OC(CO)C(O)C(O)C1OC1OC(CO)C(O)C(O)C1O)C(O)C(O)CCCCCCCCCCCCCC. The van der Waals surface area contributed by atoms with Gasteiger partial charge in [0.1, 0.15) is 61.0 Å². The van der Waals surface area contributed by atoms with Gasteiger partial charge in [0.25, 0.3) is 0 Å². The lowest BCUT2D eigenvalue weighted by Gasteiger charge is -2.46. The molecule has 404 valence electrons. The van der Waals surface area contributed by atoms with Gasteiger partial charge in [-0.05, 0) is 12.8 Å². The van der Waals surface area contributed by atoms with Crippen LogP contribution in [-0.4, -0.2) is 163 Å². The Balaban J connectivity index is 1.92. The molecule has 0 aromatic rings. The minimum atomic E-state index is -1.87. The van der Waals surface area contributed by atoms with Gasteiger partial charge in [-0.3, -0.25) is 4.79 Å². The number of ether oxygens (including phenoxy) is 4. The van der Waals surface area contributed by atoms with Crippen LogP contribution in [0.25, 0.3) is 0 Å². The van der Waals surface area contributed by atoms with E-state index in [2.05, 4.69) is 19.2 Å². The molecule has 2 aliphatic heterocycles. The molecule has 0 saturated carbocycles. The molecular weight excluding hydrogens is 879 g/mol. The van der Waals surface area contributed by atoms with Crippen molar-refractivity contribution in [3.63, 3.8) is 0 Å². The molecule has 0 bridgehead atoms. The zero-order valence-corrected chi connectivity index (χ0v) is 42.3. The van der Waals surface area contributed by atoms with Crippen molar-refractivity contribution in [2.75, 3.05) is 19.8 Å². The van der Waals surface area contributed by atoms with Gasteiger partial charge >= 0.3 is 0 Å². The number of carbonyl (C=O) groups excluding carboxylic acids is 1. The fourth-order valence-corrected chi connectivity index (χ4v) is 9.38. The van der Waals surface area contributed by atoms with Crippen LogP contribution in [0.15, 0.2) is 0 Å². The molecular formula is C52H101NO15. The third-order valence-electron chi connectivity index (χ3n) is 14.0. The highest BCUT2D eigenvalue weighted by atomic mass is 16.8. The van der Waals surface area contributed by atoms with Gasteiger partial charge in [-0.1, -0.05) is 206 Å². The lowest BCUT2D eigenvalue weighted by atomic mass is 9.97. The minimum Gasteiger partial charge on any atom is -0.394 e. The van der Waals surface area contributed by atoms with E-state index in [4.69, 9.17) is 18.9 Å². The molecule has 0 aromatic heterocycles. The third kappa shape index (κ3) is 25.5. The number of aliphatic hydroxyl groups is 10. The maximum Gasteiger partial charge on any atom is 0.249 e. The molecule has 1 amide bonds. The summed E-state index contributed by atoms with van der Waals surface area (Å²) in [6.45, 7) is 2.40. The summed E-state index contributed by atoms with van der Waals surface area (Å²) in [5.41, 5.74) is 0. The predicted molar refractivity (Wildman–Crippen MR) is 261 cm³/mol. The molecule has 14 unspecified atom stereocenters. The fraction of sp³-hybridized carbons (Fsp3) is 0.981. The summed E-state index contributed by atoms with van der Waals surface area (Å²) in [6.07, 6.45) is 14.9. The van der Waals surface area contributed by atoms with Crippen LogP contribution in [0, 0.1) is 0 Å². The predicted octanol–water partition coefficient (Wildman–Crippen LogP) is 5.72. The van der Waals surface area contributed by atoms with Crippen molar-refractivity contribution in [3.8, 4) is 0 Å². The maximum absolute atomic E-state index is 13.4. The zero-order valence-electron chi connectivity index (χ0n) is 42.3. The Hall–Kier alpha value is -1.09. The van der Waals surface area contributed by atoms with Gasteiger partial charge in [0.15, 0.2) is 12.6 Å². The summed E-state index contributed by atoms with van der Waals surface area (Å²) in [4.78, 5) is 13.4. The van der Waals surface area contributed by atoms with Crippen LogP contribution in [0.3, 0.4) is 0 Å². The zero-order chi connectivity index (χ0) is 49.9. The average Bonchev–Trinajstić information content (AvgIpc) is 3.34. The number of rotatable bonds is 43.